The molecule has 0 aliphatic rings. The molecule has 0 saturated heterocycles. The van der Waals surface area contributed by atoms with Gasteiger partial charge in [0.15, 0.2) is 6.61 Å². The number of nitrogens with one attached hydrogen (secondary N) is 1. The van der Waals surface area contributed by atoms with Crippen molar-refractivity contribution in [2.24, 2.45) is 0 Å². The number of aromatic nitrogens is 2. The van der Waals surface area contributed by atoms with Crippen molar-refractivity contribution in [3.05, 3.63) is 71.7 Å². The van der Waals surface area contributed by atoms with E-state index >= 15 is 0 Å². The second-order valence-electron chi connectivity index (χ2n) is 5.74. The Morgan fingerprint density at radius 3 is 2.65 bits per heavy atom. The molecular formula is C20H18N4O2. The minimum Gasteiger partial charge on any atom is -0.484 e. The molecule has 0 radical (unpaired) electrons. The van der Waals surface area contributed by atoms with E-state index in [9.17, 15) is 10.1 Å². The molecule has 6 nitrogen and oxygen atoms in total. The van der Waals surface area contributed by atoms with Crippen LogP contribution in [0.2, 0.25) is 0 Å². The van der Waals surface area contributed by atoms with E-state index in [1.165, 1.54) is 0 Å². The standard InChI is InChI=1S/C20H18N4O2/c1-14-15(2)24(16-7-6-10-22-12-16)20(18(14)11-21)23-19(25)13-26-17-8-4-3-5-9-17/h3-10,12H,13H2,1-2H3,(H,23,25). The predicted octanol–water partition coefficient (Wildman–Crippen LogP) is 3.38. The fraction of sp³-hybridized carbons (Fsp3) is 0.150. The Hall–Kier alpha value is -3.59. The summed E-state index contributed by atoms with van der Waals surface area (Å²) in [7, 11) is 0. The molecule has 0 aliphatic carbocycles. The van der Waals surface area contributed by atoms with Crippen molar-refractivity contribution in [3.63, 3.8) is 0 Å². The first-order chi connectivity index (χ1) is 12.6. The molecule has 0 bridgehead atoms. The van der Waals surface area contributed by atoms with Crippen LogP contribution in [0.3, 0.4) is 0 Å². The number of hydrogen-bond donors (Lipinski definition) is 1. The van der Waals surface area contributed by atoms with E-state index in [1.54, 1.807) is 30.6 Å². The van der Waals surface area contributed by atoms with Gasteiger partial charge in [-0.05, 0) is 43.7 Å². The first-order valence-corrected chi connectivity index (χ1v) is 8.12. The highest BCUT2D eigenvalue weighted by Crippen LogP contribution is 2.29. The predicted molar refractivity (Wildman–Crippen MR) is 98.3 cm³/mol. The Bertz CT molecular complexity index is 957. The highest BCUT2D eigenvalue weighted by atomic mass is 16.5. The lowest BCUT2D eigenvalue weighted by Gasteiger charge is -2.13. The number of carbonyl (C=O) groups is 1. The Kier molecular flexibility index (Phi) is 4.99. The monoisotopic (exact) mass is 346 g/mol. The number of carbonyl (C=O) groups excluding carboxylic acids is 1. The number of ether oxygens (including phenoxy) is 1. The molecule has 1 N–H and O–H groups in total. The molecule has 130 valence electrons. The highest BCUT2D eigenvalue weighted by molar-refractivity contribution is 5.93. The summed E-state index contributed by atoms with van der Waals surface area (Å²) in [4.78, 5) is 16.5. The van der Waals surface area contributed by atoms with Crippen molar-refractivity contribution in [2.75, 3.05) is 11.9 Å². The summed E-state index contributed by atoms with van der Waals surface area (Å²) in [6.07, 6.45) is 3.36. The molecule has 1 amide bonds. The van der Waals surface area contributed by atoms with Gasteiger partial charge in [0.2, 0.25) is 0 Å². The van der Waals surface area contributed by atoms with Crippen molar-refractivity contribution in [3.8, 4) is 17.5 Å². The normalized spacial score (nSPS) is 10.2. The Balaban J connectivity index is 1.88. The average molecular weight is 346 g/mol. The third-order valence-electron chi connectivity index (χ3n) is 4.10. The summed E-state index contributed by atoms with van der Waals surface area (Å²) < 4.78 is 7.30. The molecule has 3 rings (SSSR count). The van der Waals surface area contributed by atoms with Crippen LogP contribution in [0.4, 0.5) is 5.82 Å². The van der Waals surface area contributed by atoms with Gasteiger partial charge in [-0.1, -0.05) is 18.2 Å². The minimum absolute atomic E-state index is 0.148. The van der Waals surface area contributed by atoms with Crippen molar-refractivity contribution >= 4 is 11.7 Å². The van der Waals surface area contributed by atoms with E-state index in [4.69, 9.17) is 4.74 Å². The first kappa shape index (κ1) is 17.2. The van der Waals surface area contributed by atoms with Crippen molar-refractivity contribution in [2.45, 2.75) is 13.8 Å². The fourth-order valence-corrected chi connectivity index (χ4v) is 2.70. The quantitative estimate of drug-likeness (QED) is 0.768. The van der Waals surface area contributed by atoms with E-state index in [0.717, 1.165) is 16.9 Å². The number of hydrogen-bond acceptors (Lipinski definition) is 4. The van der Waals surface area contributed by atoms with E-state index in [-0.39, 0.29) is 12.5 Å². The van der Waals surface area contributed by atoms with Gasteiger partial charge >= 0.3 is 0 Å². The number of amides is 1. The van der Waals surface area contributed by atoms with Crippen LogP contribution in [0.5, 0.6) is 5.75 Å². The van der Waals surface area contributed by atoms with Gasteiger partial charge < -0.3 is 10.1 Å². The molecular weight excluding hydrogens is 328 g/mol. The maximum atomic E-state index is 12.4. The van der Waals surface area contributed by atoms with Crippen LogP contribution in [0.15, 0.2) is 54.9 Å². The third-order valence-corrected chi connectivity index (χ3v) is 4.10. The number of nitrogens with zero attached hydrogens (tertiary/aromatic N) is 3. The third kappa shape index (κ3) is 3.42. The van der Waals surface area contributed by atoms with Gasteiger partial charge in [0.05, 0.1) is 17.4 Å². The largest absolute Gasteiger partial charge is 0.484 e. The summed E-state index contributed by atoms with van der Waals surface area (Å²) in [5.74, 6) is 0.698. The van der Waals surface area contributed by atoms with Crippen LogP contribution in [-0.2, 0) is 4.79 Å². The fourth-order valence-electron chi connectivity index (χ4n) is 2.70. The summed E-state index contributed by atoms with van der Waals surface area (Å²) >= 11 is 0. The van der Waals surface area contributed by atoms with Gasteiger partial charge in [-0.25, -0.2) is 0 Å². The highest BCUT2D eigenvalue weighted by Gasteiger charge is 2.20. The van der Waals surface area contributed by atoms with Crippen molar-refractivity contribution in [1.29, 1.82) is 5.26 Å². The molecule has 3 aromatic rings. The average Bonchev–Trinajstić information content (AvgIpc) is 2.91. The molecule has 2 heterocycles. The van der Waals surface area contributed by atoms with Gasteiger partial charge in [0.1, 0.15) is 17.6 Å². The van der Waals surface area contributed by atoms with Gasteiger partial charge in [-0.15, -0.1) is 0 Å². The number of para-hydroxylation sites is 1. The number of rotatable bonds is 5. The summed E-state index contributed by atoms with van der Waals surface area (Å²) in [6.45, 7) is 3.61. The Morgan fingerprint density at radius 2 is 2.00 bits per heavy atom. The maximum Gasteiger partial charge on any atom is 0.263 e. The van der Waals surface area contributed by atoms with Crippen LogP contribution in [0, 0.1) is 25.2 Å². The summed E-state index contributed by atoms with van der Waals surface area (Å²) in [5.41, 5.74) is 2.89. The lowest BCUT2D eigenvalue weighted by atomic mass is 10.2. The topological polar surface area (TPSA) is 79.9 Å². The van der Waals surface area contributed by atoms with Gasteiger partial charge in [-0.2, -0.15) is 5.26 Å². The second kappa shape index (κ2) is 7.53. The second-order valence-corrected chi connectivity index (χ2v) is 5.74. The van der Waals surface area contributed by atoms with Crippen LogP contribution < -0.4 is 10.1 Å². The lowest BCUT2D eigenvalue weighted by molar-refractivity contribution is -0.118. The molecule has 6 heteroatoms. The molecule has 0 saturated carbocycles. The molecule has 2 aromatic heterocycles. The molecule has 0 unspecified atom stereocenters. The summed E-state index contributed by atoms with van der Waals surface area (Å²) in [5, 5.41) is 12.4. The molecule has 0 fully saturated rings. The van der Waals surface area contributed by atoms with Crippen molar-refractivity contribution < 1.29 is 9.53 Å². The Morgan fingerprint density at radius 1 is 1.23 bits per heavy atom. The van der Waals surface area contributed by atoms with Crippen LogP contribution in [0.1, 0.15) is 16.8 Å². The van der Waals surface area contributed by atoms with Crippen LogP contribution in [-0.4, -0.2) is 22.1 Å². The number of pyridine rings is 1. The molecule has 1 aromatic carbocycles. The van der Waals surface area contributed by atoms with Crippen molar-refractivity contribution in [1.82, 2.24) is 9.55 Å². The van der Waals surface area contributed by atoms with E-state index in [2.05, 4.69) is 16.4 Å². The lowest BCUT2D eigenvalue weighted by Crippen LogP contribution is -2.22. The summed E-state index contributed by atoms with van der Waals surface area (Å²) in [6, 6.07) is 15.0. The first-order valence-electron chi connectivity index (χ1n) is 8.12. The van der Waals surface area contributed by atoms with E-state index in [1.807, 2.05) is 42.7 Å². The van der Waals surface area contributed by atoms with E-state index in [0.29, 0.717) is 17.1 Å². The molecule has 0 aliphatic heterocycles. The van der Waals surface area contributed by atoms with Crippen LogP contribution in [0.25, 0.3) is 5.69 Å². The zero-order chi connectivity index (χ0) is 18.5. The molecule has 26 heavy (non-hydrogen) atoms. The maximum absolute atomic E-state index is 12.4. The zero-order valence-electron chi connectivity index (χ0n) is 14.6. The number of anilines is 1. The number of benzene rings is 1. The Labute approximate surface area is 151 Å². The van der Waals surface area contributed by atoms with Gasteiger partial charge in [0.25, 0.3) is 5.91 Å². The minimum atomic E-state index is -0.340. The number of nitriles is 1. The molecule has 0 atom stereocenters. The van der Waals surface area contributed by atoms with Crippen LogP contribution >= 0.6 is 0 Å². The van der Waals surface area contributed by atoms with E-state index < -0.39 is 0 Å². The SMILES string of the molecule is Cc1c(C#N)c(NC(=O)COc2ccccc2)n(-c2cccnc2)c1C. The molecule has 0 spiro atoms. The zero-order valence-corrected chi connectivity index (χ0v) is 14.6. The smallest absolute Gasteiger partial charge is 0.263 e. The van der Waals surface area contributed by atoms with Gasteiger partial charge in [0, 0.05) is 11.9 Å². The van der Waals surface area contributed by atoms with Gasteiger partial charge in [-0.3, -0.25) is 14.3 Å².